The molecule has 0 radical (unpaired) electrons. The third-order valence-corrected chi connectivity index (χ3v) is 2.29. The van der Waals surface area contributed by atoms with Gasteiger partial charge in [-0.1, -0.05) is 19.9 Å². The molecule has 84 valence electrons. The van der Waals surface area contributed by atoms with Gasteiger partial charge in [0.25, 0.3) is 0 Å². The van der Waals surface area contributed by atoms with Crippen molar-refractivity contribution in [3.63, 3.8) is 0 Å². The highest BCUT2D eigenvalue weighted by Gasteiger charge is 2.10. The maximum atomic E-state index is 4.51. The van der Waals surface area contributed by atoms with E-state index < -0.39 is 0 Å². The van der Waals surface area contributed by atoms with Gasteiger partial charge in [-0.15, -0.1) is 0 Å². The zero-order valence-electron chi connectivity index (χ0n) is 9.88. The van der Waals surface area contributed by atoms with Crippen LogP contribution in [0.5, 0.6) is 0 Å². The molecular formula is C12H16N4. The predicted molar refractivity (Wildman–Crippen MR) is 62.8 cm³/mol. The van der Waals surface area contributed by atoms with E-state index in [1.165, 1.54) is 0 Å². The largest absolute Gasteiger partial charge is 0.253 e. The lowest BCUT2D eigenvalue weighted by Gasteiger charge is -1.97. The van der Waals surface area contributed by atoms with Crippen molar-refractivity contribution in [2.24, 2.45) is 13.0 Å². The summed E-state index contributed by atoms with van der Waals surface area (Å²) in [5.41, 5.74) is 0.868. The van der Waals surface area contributed by atoms with E-state index in [0.29, 0.717) is 5.92 Å². The Labute approximate surface area is 95.4 Å². The number of nitrogens with zero attached hydrogens (tertiary/aromatic N) is 4. The molecule has 0 aromatic carbocycles. The SMILES string of the molecule is CC(C)Cc1nc(-c2ccccn2)n(C)n1. The maximum Gasteiger partial charge on any atom is 0.176 e. The van der Waals surface area contributed by atoms with Crippen molar-refractivity contribution in [3.8, 4) is 11.5 Å². The molecule has 4 nitrogen and oxygen atoms in total. The molecular weight excluding hydrogens is 200 g/mol. The molecule has 0 aliphatic carbocycles. The lowest BCUT2D eigenvalue weighted by atomic mass is 10.1. The quantitative estimate of drug-likeness (QED) is 0.789. The summed E-state index contributed by atoms with van der Waals surface area (Å²) in [4.78, 5) is 8.79. The van der Waals surface area contributed by atoms with Crippen LogP contribution >= 0.6 is 0 Å². The smallest absolute Gasteiger partial charge is 0.176 e. The summed E-state index contributed by atoms with van der Waals surface area (Å²) in [5.74, 6) is 2.29. The van der Waals surface area contributed by atoms with E-state index in [2.05, 4.69) is 28.9 Å². The zero-order chi connectivity index (χ0) is 11.5. The summed E-state index contributed by atoms with van der Waals surface area (Å²) in [5, 5.41) is 4.39. The molecule has 0 saturated heterocycles. The molecule has 0 spiro atoms. The fourth-order valence-electron chi connectivity index (χ4n) is 1.61. The molecule has 0 fully saturated rings. The van der Waals surface area contributed by atoms with Crippen LogP contribution < -0.4 is 0 Å². The van der Waals surface area contributed by atoms with Gasteiger partial charge < -0.3 is 0 Å². The van der Waals surface area contributed by atoms with E-state index >= 15 is 0 Å². The van der Waals surface area contributed by atoms with Gasteiger partial charge in [-0.25, -0.2) is 9.67 Å². The predicted octanol–water partition coefficient (Wildman–Crippen LogP) is 2.08. The Morgan fingerprint density at radius 3 is 2.75 bits per heavy atom. The van der Waals surface area contributed by atoms with E-state index in [1.807, 2.05) is 25.2 Å². The maximum absolute atomic E-state index is 4.51. The van der Waals surface area contributed by atoms with Crippen molar-refractivity contribution in [1.82, 2.24) is 19.7 Å². The van der Waals surface area contributed by atoms with Crippen molar-refractivity contribution >= 4 is 0 Å². The van der Waals surface area contributed by atoms with E-state index in [0.717, 1.165) is 23.8 Å². The fourth-order valence-corrected chi connectivity index (χ4v) is 1.61. The lowest BCUT2D eigenvalue weighted by Crippen LogP contribution is -1.98. The molecule has 0 bridgehead atoms. The van der Waals surface area contributed by atoms with Gasteiger partial charge in [0.15, 0.2) is 11.6 Å². The van der Waals surface area contributed by atoms with Crippen LogP contribution in [0, 0.1) is 5.92 Å². The van der Waals surface area contributed by atoms with Crippen molar-refractivity contribution < 1.29 is 0 Å². The molecule has 2 heterocycles. The Balaban J connectivity index is 2.32. The average molecular weight is 216 g/mol. The highest BCUT2D eigenvalue weighted by Crippen LogP contribution is 2.14. The van der Waals surface area contributed by atoms with Gasteiger partial charge in [0.05, 0.1) is 0 Å². The van der Waals surface area contributed by atoms with Gasteiger partial charge in [0, 0.05) is 19.7 Å². The highest BCUT2D eigenvalue weighted by molar-refractivity contribution is 5.48. The van der Waals surface area contributed by atoms with Crippen LogP contribution in [0.3, 0.4) is 0 Å². The first-order valence-electron chi connectivity index (χ1n) is 5.48. The Hall–Kier alpha value is -1.71. The van der Waals surface area contributed by atoms with Gasteiger partial charge in [0.2, 0.25) is 0 Å². The summed E-state index contributed by atoms with van der Waals surface area (Å²) in [6, 6.07) is 5.80. The molecule has 0 aliphatic rings. The summed E-state index contributed by atoms with van der Waals surface area (Å²) in [7, 11) is 1.90. The Kier molecular flexibility index (Phi) is 2.99. The molecule has 4 heteroatoms. The van der Waals surface area contributed by atoms with Gasteiger partial charge in [0.1, 0.15) is 5.69 Å². The molecule has 0 saturated carbocycles. The molecule has 0 atom stereocenters. The topological polar surface area (TPSA) is 43.6 Å². The third kappa shape index (κ3) is 2.27. The minimum Gasteiger partial charge on any atom is -0.253 e. The summed E-state index contributed by atoms with van der Waals surface area (Å²) in [6.07, 6.45) is 2.67. The summed E-state index contributed by atoms with van der Waals surface area (Å²) in [6.45, 7) is 4.33. The standard InChI is InChI=1S/C12H16N4/c1-9(2)8-11-14-12(16(3)15-11)10-6-4-5-7-13-10/h4-7,9H,8H2,1-3H3. The first-order valence-corrected chi connectivity index (χ1v) is 5.48. The molecule has 0 unspecified atom stereocenters. The lowest BCUT2D eigenvalue weighted by molar-refractivity contribution is 0.613. The van der Waals surface area contributed by atoms with Crippen molar-refractivity contribution in [2.45, 2.75) is 20.3 Å². The summed E-state index contributed by atoms with van der Waals surface area (Å²) >= 11 is 0. The first kappa shape index (κ1) is 10.8. The first-order chi connectivity index (χ1) is 7.66. The van der Waals surface area contributed by atoms with E-state index in [-0.39, 0.29) is 0 Å². The number of hydrogen-bond acceptors (Lipinski definition) is 3. The third-order valence-electron chi connectivity index (χ3n) is 2.29. The van der Waals surface area contributed by atoms with Crippen LogP contribution in [0.1, 0.15) is 19.7 Å². The molecule has 0 amide bonds. The molecule has 2 aromatic heterocycles. The van der Waals surface area contributed by atoms with Crippen molar-refractivity contribution in [1.29, 1.82) is 0 Å². The fraction of sp³-hybridized carbons (Fsp3) is 0.417. The van der Waals surface area contributed by atoms with Crippen LogP contribution in [-0.2, 0) is 13.5 Å². The van der Waals surface area contributed by atoms with Gasteiger partial charge in [-0.3, -0.25) is 4.98 Å². The van der Waals surface area contributed by atoms with Crippen LogP contribution in [0.15, 0.2) is 24.4 Å². The number of aromatic nitrogens is 4. The molecule has 0 aliphatic heterocycles. The number of hydrogen-bond donors (Lipinski definition) is 0. The highest BCUT2D eigenvalue weighted by atomic mass is 15.3. The van der Waals surface area contributed by atoms with E-state index in [9.17, 15) is 0 Å². The van der Waals surface area contributed by atoms with E-state index in [1.54, 1.807) is 10.9 Å². The van der Waals surface area contributed by atoms with Crippen molar-refractivity contribution in [3.05, 3.63) is 30.2 Å². The second-order valence-electron chi connectivity index (χ2n) is 4.29. The molecule has 2 aromatic rings. The van der Waals surface area contributed by atoms with Crippen LogP contribution in [0.2, 0.25) is 0 Å². The second-order valence-corrected chi connectivity index (χ2v) is 4.29. The van der Waals surface area contributed by atoms with Crippen LogP contribution in [0.25, 0.3) is 11.5 Å². The second kappa shape index (κ2) is 4.43. The molecule has 16 heavy (non-hydrogen) atoms. The molecule has 2 rings (SSSR count). The average Bonchev–Trinajstić information content (AvgIpc) is 2.60. The van der Waals surface area contributed by atoms with Crippen LogP contribution in [0.4, 0.5) is 0 Å². The van der Waals surface area contributed by atoms with Gasteiger partial charge >= 0.3 is 0 Å². The normalized spacial score (nSPS) is 11.0. The number of pyridine rings is 1. The van der Waals surface area contributed by atoms with Gasteiger partial charge in [-0.2, -0.15) is 5.10 Å². The molecule has 0 N–H and O–H groups in total. The van der Waals surface area contributed by atoms with Gasteiger partial charge in [-0.05, 0) is 18.1 Å². The van der Waals surface area contributed by atoms with E-state index in [4.69, 9.17) is 0 Å². The summed E-state index contributed by atoms with van der Waals surface area (Å²) < 4.78 is 1.79. The number of aryl methyl sites for hydroxylation is 1. The minimum atomic E-state index is 0.569. The Bertz CT molecular complexity index is 459. The minimum absolute atomic E-state index is 0.569. The number of rotatable bonds is 3. The Morgan fingerprint density at radius 2 is 2.12 bits per heavy atom. The van der Waals surface area contributed by atoms with Crippen LogP contribution in [-0.4, -0.2) is 19.7 Å². The van der Waals surface area contributed by atoms with Crippen molar-refractivity contribution in [2.75, 3.05) is 0 Å². The monoisotopic (exact) mass is 216 g/mol. The zero-order valence-corrected chi connectivity index (χ0v) is 9.88. The Morgan fingerprint density at radius 1 is 1.31 bits per heavy atom.